The third-order valence-electron chi connectivity index (χ3n) is 3.65. The Kier molecular flexibility index (Phi) is 3.45. The fraction of sp³-hybridized carbons (Fsp3) is 0.333. The molecule has 0 unspecified atom stereocenters. The van der Waals surface area contributed by atoms with Crippen molar-refractivity contribution >= 4 is 5.91 Å². The van der Waals surface area contributed by atoms with Gasteiger partial charge in [0.15, 0.2) is 5.76 Å². The van der Waals surface area contributed by atoms with Crippen LogP contribution in [-0.4, -0.2) is 22.5 Å². The second-order valence-electron chi connectivity index (χ2n) is 5.15. The van der Waals surface area contributed by atoms with Crippen LogP contribution in [0.15, 0.2) is 28.8 Å². The van der Waals surface area contributed by atoms with E-state index >= 15 is 0 Å². The van der Waals surface area contributed by atoms with Crippen LogP contribution in [0.2, 0.25) is 0 Å². The highest BCUT2D eigenvalue weighted by atomic mass is 19.1. The molecular formula is C15H14F2N2O2. The standard InChI is InChI=1S/C15H14F2N2O2/c1-9-7-14(21-18-9)13-3-2-6-19(13)15(20)11-8-10(16)4-5-12(11)17/h4-5,7-8,13H,2-3,6H2,1H3/t13-/m0/s1. The van der Waals surface area contributed by atoms with Crippen LogP contribution in [0.25, 0.3) is 0 Å². The van der Waals surface area contributed by atoms with Gasteiger partial charge in [0.25, 0.3) is 5.91 Å². The molecule has 1 aromatic carbocycles. The van der Waals surface area contributed by atoms with E-state index in [1.54, 1.807) is 13.0 Å². The molecule has 21 heavy (non-hydrogen) atoms. The Bertz CT molecular complexity index is 684. The van der Waals surface area contributed by atoms with Crippen LogP contribution in [0.5, 0.6) is 0 Å². The number of amides is 1. The minimum atomic E-state index is -0.721. The van der Waals surface area contributed by atoms with E-state index in [-0.39, 0.29) is 11.6 Å². The summed E-state index contributed by atoms with van der Waals surface area (Å²) in [5.74, 6) is -1.30. The molecule has 1 saturated heterocycles. The Morgan fingerprint density at radius 2 is 2.19 bits per heavy atom. The van der Waals surface area contributed by atoms with Crippen LogP contribution in [-0.2, 0) is 0 Å². The lowest BCUT2D eigenvalue weighted by Gasteiger charge is -2.22. The lowest BCUT2D eigenvalue weighted by Crippen LogP contribution is -2.31. The Labute approximate surface area is 120 Å². The summed E-state index contributed by atoms with van der Waals surface area (Å²) in [5.41, 5.74) is 0.472. The second kappa shape index (κ2) is 5.27. The third kappa shape index (κ3) is 2.53. The fourth-order valence-electron chi connectivity index (χ4n) is 2.66. The molecule has 0 aliphatic carbocycles. The maximum absolute atomic E-state index is 13.8. The number of halogens is 2. The van der Waals surface area contributed by atoms with Gasteiger partial charge >= 0.3 is 0 Å². The zero-order chi connectivity index (χ0) is 15.0. The van der Waals surface area contributed by atoms with Crippen LogP contribution in [0.3, 0.4) is 0 Å². The zero-order valence-corrected chi connectivity index (χ0v) is 11.5. The monoisotopic (exact) mass is 292 g/mol. The number of hydrogen-bond acceptors (Lipinski definition) is 3. The molecule has 0 N–H and O–H groups in total. The summed E-state index contributed by atoms with van der Waals surface area (Å²) in [4.78, 5) is 14.0. The van der Waals surface area contributed by atoms with E-state index in [0.717, 1.165) is 36.7 Å². The summed E-state index contributed by atoms with van der Waals surface area (Å²) in [6.07, 6.45) is 1.50. The second-order valence-corrected chi connectivity index (χ2v) is 5.15. The Hall–Kier alpha value is -2.24. The molecule has 4 nitrogen and oxygen atoms in total. The van der Waals surface area contributed by atoms with Gasteiger partial charge in [-0.3, -0.25) is 4.79 Å². The number of benzene rings is 1. The van der Waals surface area contributed by atoms with Crippen molar-refractivity contribution in [2.45, 2.75) is 25.8 Å². The average Bonchev–Trinajstić information content (AvgIpc) is 3.09. The van der Waals surface area contributed by atoms with Gasteiger partial charge in [-0.1, -0.05) is 5.16 Å². The van der Waals surface area contributed by atoms with E-state index in [1.165, 1.54) is 4.90 Å². The minimum Gasteiger partial charge on any atom is -0.359 e. The number of rotatable bonds is 2. The highest BCUT2D eigenvalue weighted by Gasteiger charge is 2.34. The van der Waals surface area contributed by atoms with Crippen LogP contribution in [0, 0.1) is 18.6 Å². The molecule has 1 fully saturated rings. The SMILES string of the molecule is Cc1cc([C@@H]2CCCN2C(=O)c2cc(F)ccc2F)on1. The molecule has 0 saturated carbocycles. The summed E-state index contributed by atoms with van der Waals surface area (Å²) >= 11 is 0. The van der Waals surface area contributed by atoms with Gasteiger partial charge in [0.2, 0.25) is 0 Å². The van der Waals surface area contributed by atoms with Crippen molar-refractivity contribution in [1.82, 2.24) is 10.1 Å². The quantitative estimate of drug-likeness (QED) is 0.853. The van der Waals surface area contributed by atoms with Gasteiger partial charge in [-0.05, 0) is 38.0 Å². The maximum Gasteiger partial charge on any atom is 0.257 e. The Balaban J connectivity index is 1.91. The molecule has 0 spiro atoms. The minimum absolute atomic E-state index is 0.252. The molecule has 1 aliphatic rings. The normalized spacial score (nSPS) is 18.2. The highest BCUT2D eigenvalue weighted by Crippen LogP contribution is 2.33. The van der Waals surface area contributed by atoms with Crippen LogP contribution in [0.1, 0.15) is 40.7 Å². The van der Waals surface area contributed by atoms with E-state index in [0.29, 0.717) is 12.3 Å². The van der Waals surface area contributed by atoms with Crippen molar-refractivity contribution in [2.75, 3.05) is 6.54 Å². The number of carbonyl (C=O) groups excluding carboxylic acids is 1. The number of carbonyl (C=O) groups is 1. The molecule has 1 aromatic heterocycles. The van der Waals surface area contributed by atoms with Crippen molar-refractivity contribution in [3.8, 4) is 0 Å². The lowest BCUT2D eigenvalue weighted by atomic mass is 10.1. The van der Waals surface area contributed by atoms with Gasteiger partial charge in [-0.2, -0.15) is 0 Å². The van der Waals surface area contributed by atoms with Gasteiger partial charge in [0, 0.05) is 12.6 Å². The molecular weight excluding hydrogens is 278 g/mol. The van der Waals surface area contributed by atoms with Crippen molar-refractivity contribution in [1.29, 1.82) is 0 Å². The number of aromatic nitrogens is 1. The van der Waals surface area contributed by atoms with Gasteiger partial charge in [0.1, 0.15) is 11.6 Å². The smallest absolute Gasteiger partial charge is 0.257 e. The number of likely N-dealkylation sites (tertiary alicyclic amines) is 1. The first-order chi connectivity index (χ1) is 10.1. The maximum atomic E-state index is 13.8. The van der Waals surface area contributed by atoms with Crippen molar-refractivity contribution in [3.63, 3.8) is 0 Å². The summed E-state index contributed by atoms with van der Waals surface area (Å²) in [7, 11) is 0. The van der Waals surface area contributed by atoms with Crippen molar-refractivity contribution < 1.29 is 18.1 Å². The van der Waals surface area contributed by atoms with E-state index in [4.69, 9.17) is 4.52 Å². The summed E-state index contributed by atoms with van der Waals surface area (Å²) in [6, 6.07) is 4.37. The predicted molar refractivity (Wildman–Crippen MR) is 70.6 cm³/mol. The Morgan fingerprint density at radius 3 is 2.90 bits per heavy atom. The summed E-state index contributed by atoms with van der Waals surface area (Å²) < 4.78 is 32.2. The molecule has 110 valence electrons. The molecule has 0 bridgehead atoms. The lowest BCUT2D eigenvalue weighted by molar-refractivity contribution is 0.0709. The number of nitrogens with zero attached hydrogens (tertiary/aromatic N) is 2. The van der Waals surface area contributed by atoms with Gasteiger partial charge in [-0.15, -0.1) is 0 Å². The zero-order valence-electron chi connectivity index (χ0n) is 11.5. The van der Waals surface area contributed by atoms with Crippen molar-refractivity contribution in [2.24, 2.45) is 0 Å². The molecule has 6 heteroatoms. The van der Waals surface area contributed by atoms with Crippen LogP contribution < -0.4 is 0 Å². The van der Waals surface area contributed by atoms with E-state index in [9.17, 15) is 13.6 Å². The molecule has 0 radical (unpaired) electrons. The molecule has 3 rings (SSSR count). The van der Waals surface area contributed by atoms with Gasteiger partial charge in [-0.25, -0.2) is 8.78 Å². The van der Waals surface area contributed by atoms with Gasteiger partial charge < -0.3 is 9.42 Å². The number of aryl methyl sites for hydroxylation is 1. The molecule has 2 heterocycles. The Morgan fingerprint density at radius 1 is 1.38 bits per heavy atom. The van der Waals surface area contributed by atoms with Crippen molar-refractivity contribution in [3.05, 3.63) is 52.9 Å². The first-order valence-electron chi connectivity index (χ1n) is 6.75. The third-order valence-corrected chi connectivity index (χ3v) is 3.65. The first-order valence-corrected chi connectivity index (χ1v) is 6.75. The topological polar surface area (TPSA) is 46.3 Å². The first kappa shape index (κ1) is 13.7. The molecule has 1 amide bonds. The van der Waals surface area contributed by atoms with E-state index in [2.05, 4.69) is 5.16 Å². The summed E-state index contributed by atoms with van der Waals surface area (Å²) in [6.45, 7) is 2.28. The average molecular weight is 292 g/mol. The van der Waals surface area contributed by atoms with Gasteiger partial charge in [0.05, 0.1) is 17.3 Å². The molecule has 2 aromatic rings. The molecule has 1 aliphatic heterocycles. The fourth-order valence-corrected chi connectivity index (χ4v) is 2.66. The highest BCUT2D eigenvalue weighted by molar-refractivity contribution is 5.95. The summed E-state index contributed by atoms with van der Waals surface area (Å²) in [5, 5.41) is 3.81. The largest absolute Gasteiger partial charge is 0.359 e. The van der Waals surface area contributed by atoms with Crippen LogP contribution >= 0.6 is 0 Å². The van der Waals surface area contributed by atoms with Crippen LogP contribution in [0.4, 0.5) is 8.78 Å². The van der Waals surface area contributed by atoms with E-state index in [1.807, 2.05) is 0 Å². The van der Waals surface area contributed by atoms with E-state index < -0.39 is 17.5 Å². The predicted octanol–water partition coefficient (Wildman–Crippen LogP) is 3.24. The molecule has 1 atom stereocenters. The number of hydrogen-bond donors (Lipinski definition) is 0.